The molecule has 7 nitrogen and oxygen atoms in total. The van der Waals surface area contributed by atoms with Crippen LogP contribution in [0.3, 0.4) is 0 Å². The first-order valence-electron chi connectivity index (χ1n) is 5.70. The van der Waals surface area contributed by atoms with Gasteiger partial charge in [-0.15, -0.1) is 0 Å². The molecule has 0 bridgehead atoms. The maximum absolute atomic E-state index is 11.6. The third-order valence-corrected chi connectivity index (χ3v) is 2.81. The van der Waals surface area contributed by atoms with Crippen LogP contribution in [0, 0.1) is 0 Å². The van der Waals surface area contributed by atoms with Crippen LogP contribution in [0.15, 0.2) is 0 Å². The van der Waals surface area contributed by atoms with E-state index in [0.29, 0.717) is 13.1 Å². The molecule has 1 heterocycles. The number of aliphatic carboxylic acids is 1. The van der Waals surface area contributed by atoms with Crippen molar-refractivity contribution in [2.24, 2.45) is 5.73 Å². The molecule has 1 atom stereocenters. The van der Waals surface area contributed by atoms with Gasteiger partial charge in [0.2, 0.25) is 0 Å². The number of urea groups is 1. The molecule has 0 radical (unpaired) electrons. The first-order valence-corrected chi connectivity index (χ1v) is 5.70. The molecule has 1 fully saturated rings. The molecule has 98 valence electrons. The number of nitrogens with one attached hydrogen (secondary N) is 1. The number of amides is 2. The highest BCUT2D eigenvalue weighted by atomic mass is 16.4. The Labute approximate surface area is 99.6 Å². The number of aliphatic hydroxyl groups excluding tert-OH is 1. The van der Waals surface area contributed by atoms with Crippen LogP contribution in [0.2, 0.25) is 0 Å². The predicted molar refractivity (Wildman–Crippen MR) is 60.4 cm³/mol. The van der Waals surface area contributed by atoms with Crippen molar-refractivity contribution in [3.05, 3.63) is 0 Å². The smallest absolute Gasteiger partial charge is 0.332 e. The zero-order valence-electron chi connectivity index (χ0n) is 9.63. The lowest BCUT2D eigenvalue weighted by Crippen LogP contribution is -2.47. The van der Waals surface area contributed by atoms with Crippen molar-refractivity contribution in [1.29, 1.82) is 0 Å². The van der Waals surface area contributed by atoms with Crippen molar-refractivity contribution in [2.75, 3.05) is 19.6 Å². The highest BCUT2D eigenvalue weighted by Crippen LogP contribution is 2.07. The topological polar surface area (TPSA) is 116 Å². The number of nitrogens with zero attached hydrogens (tertiary/aromatic N) is 1. The number of hydrogen-bond donors (Lipinski definition) is 4. The van der Waals surface area contributed by atoms with Crippen molar-refractivity contribution in [3.8, 4) is 0 Å². The molecule has 7 heteroatoms. The average Bonchev–Trinajstić information content (AvgIpc) is 2.29. The summed E-state index contributed by atoms with van der Waals surface area (Å²) in [6.07, 6.45) is 0.148. The SMILES string of the molecule is NC1CCN(C(=O)NCC[C@H](O)C(=O)O)CC1. The first kappa shape index (κ1) is 13.7. The average molecular weight is 245 g/mol. The molecule has 0 unspecified atom stereocenters. The fourth-order valence-electron chi connectivity index (χ4n) is 1.65. The molecule has 5 N–H and O–H groups in total. The van der Waals surface area contributed by atoms with Crippen LogP contribution in [0.4, 0.5) is 4.79 Å². The van der Waals surface area contributed by atoms with Gasteiger partial charge in [-0.2, -0.15) is 0 Å². The van der Waals surface area contributed by atoms with Gasteiger partial charge in [-0.25, -0.2) is 9.59 Å². The number of nitrogens with two attached hydrogens (primary N) is 1. The summed E-state index contributed by atoms with van der Waals surface area (Å²) in [6.45, 7) is 1.39. The van der Waals surface area contributed by atoms with E-state index >= 15 is 0 Å². The lowest BCUT2D eigenvalue weighted by Gasteiger charge is -2.30. The zero-order chi connectivity index (χ0) is 12.8. The number of carbonyl (C=O) groups excluding carboxylic acids is 1. The second-order valence-corrected chi connectivity index (χ2v) is 4.20. The molecule has 17 heavy (non-hydrogen) atoms. The van der Waals surface area contributed by atoms with Gasteiger partial charge >= 0.3 is 12.0 Å². The number of rotatable bonds is 4. The van der Waals surface area contributed by atoms with Gasteiger partial charge in [-0.1, -0.05) is 0 Å². The summed E-state index contributed by atoms with van der Waals surface area (Å²) >= 11 is 0. The highest BCUT2D eigenvalue weighted by molar-refractivity contribution is 5.74. The van der Waals surface area contributed by atoms with E-state index in [-0.39, 0.29) is 25.0 Å². The Morgan fingerprint density at radius 3 is 2.53 bits per heavy atom. The van der Waals surface area contributed by atoms with E-state index in [4.69, 9.17) is 15.9 Å². The lowest BCUT2D eigenvalue weighted by molar-refractivity contribution is -0.146. The monoisotopic (exact) mass is 245 g/mol. The molecule has 0 aliphatic carbocycles. The number of hydrogen-bond acceptors (Lipinski definition) is 4. The third kappa shape index (κ3) is 4.58. The van der Waals surface area contributed by atoms with Gasteiger partial charge < -0.3 is 26.2 Å². The van der Waals surface area contributed by atoms with Crippen LogP contribution >= 0.6 is 0 Å². The van der Waals surface area contributed by atoms with Crippen LogP contribution in [-0.4, -0.2) is 58.9 Å². The van der Waals surface area contributed by atoms with Gasteiger partial charge in [-0.3, -0.25) is 0 Å². The van der Waals surface area contributed by atoms with Crippen molar-refractivity contribution < 1.29 is 19.8 Å². The Hall–Kier alpha value is -1.34. The number of carbonyl (C=O) groups is 2. The van der Waals surface area contributed by atoms with E-state index in [2.05, 4.69) is 5.32 Å². The fourth-order valence-corrected chi connectivity index (χ4v) is 1.65. The molecule has 1 rings (SSSR count). The summed E-state index contributed by atoms with van der Waals surface area (Å²) in [7, 11) is 0. The second-order valence-electron chi connectivity index (χ2n) is 4.20. The van der Waals surface area contributed by atoms with Gasteiger partial charge in [0.05, 0.1) is 0 Å². The minimum atomic E-state index is -1.43. The van der Waals surface area contributed by atoms with E-state index < -0.39 is 12.1 Å². The minimum Gasteiger partial charge on any atom is -0.479 e. The van der Waals surface area contributed by atoms with Crippen molar-refractivity contribution >= 4 is 12.0 Å². The zero-order valence-corrected chi connectivity index (χ0v) is 9.63. The molecule has 1 saturated heterocycles. The fraction of sp³-hybridized carbons (Fsp3) is 0.800. The molecule has 1 aliphatic heterocycles. The Bertz CT molecular complexity index is 277. The van der Waals surface area contributed by atoms with E-state index in [1.54, 1.807) is 4.90 Å². The maximum Gasteiger partial charge on any atom is 0.332 e. The molecule has 2 amide bonds. The number of aliphatic hydroxyl groups is 1. The number of likely N-dealkylation sites (tertiary alicyclic amines) is 1. The van der Waals surface area contributed by atoms with E-state index in [1.807, 2.05) is 0 Å². The summed E-state index contributed by atoms with van der Waals surface area (Å²) in [6, 6.07) is -0.0672. The number of piperidine rings is 1. The van der Waals surface area contributed by atoms with Gasteiger partial charge in [0.25, 0.3) is 0 Å². The van der Waals surface area contributed by atoms with Gasteiger partial charge in [0.1, 0.15) is 0 Å². The van der Waals surface area contributed by atoms with Gasteiger partial charge in [-0.05, 0) is 12.8 Å². The van der Waals surface area contributed by atoms with Crippen molar-refractivity contribution in [3.63, 3.8) is 0 Å². The Morgan fingerprint density at radius 2 is 2.00 bits per heavy atom. The summed E-state index contributed by atoms with van der Waals surface area (Å²) < 4.78 is 0. The first-order chi connectivity index (χ1) is 8.00. The highest BCUT2D eigenvalue weighted by Gasteiger charge is 2.20. The summed E-state index contributed by atoms with van der Waals surface area (Å²) in [5.74, 6) is -1.27. The molecule has 0 spiro atoms. The summed E-state index contributed by atoms with van der Waals surface area (Å²) in [4.78, 5) is 23.6. The van der Waals surface area contributed by atoms with E-state index in [1.165, 1.54) is 0 Å². The molecule has 0 aromatic carbocycles. The predicted octanol–water partition coefficient (Wildman–Crippen LogP) is -1.05. The molecule has 0 aromatic rings. The number of carboxylic acids is 1. The molecule has 0 saturated carbocycles. The normalized spacial score (nSPS) is 18.8. The third-order valence-electron chi connectivity index (χ3n) is 2.81. The van der Waals surface area contributed by atoms with Crippen LogP contribution in [-0.2, 0) is 4.79 Å². The van der Waals surface area contributed by atoms with E-state index in [9.17, 15) is 9.59 Å². The Balaban J connectivity index is 2.19. The molecule has 0 aromatic heterocycles. The van der Waals surface area contributed by atoms with E-state index in [0.717, 1.165) is 12.8 Å². The van der Waals surface area contributed by atoms with Crippen LogP contribution in [0.5, 0.6) is 0 Å². The maximum atomic E-state index is 11.6. The molecular weight excluding hydrogens is 226 g/mol. The molecular formula is C10H19N3O4. The number of carboxylic acid groups (broad SMARTS) is 1. The van der Waals surface area contributed by atoms with Gasteiger partial charge in [0, 0.05) is 32.1 Å². The van der Waals surface area contributed by atoms with Gasteiger partial charge in [0.15, 0.2) is 6.10 Å². The summed E-state index contributed by atoms with van der Waals surface area (Å²) in [5, 5.41) is 20.0. The van der Waals surface area contributed by atoms with Crippen molar-refractivity contribution in [2.45, 2.75) is 31.4 Å². The van der Waals surface area contributed by atoms with Crippen LogP contribution < -0.4 is 11.1 Å². The van der Waals surface area contributed by atoms with Crippen molar-refractivity contribution in [1.82, 2.24) is 10.2 Å². The Morgan fingerprint density at radius 1 is 1.41 bits per heavy atom. The Kier molecular flexibility index (Phi) is 5.17. The van der Waals surface area contributed by atoms with Crippen LogP contribution in [0.1, 0.15) is 19.3 Å². The quantitative estimate of drug-likeness (QED) is 0.504. The molecule has 1 aliphatic rings. The largest absolute Gasteiger partial charge is 0.479 e. The minimum absolute atomic E-state index is 0.00836. The second kappa shape index (κ2) is 6.41. The summed E-state index contributed by atoms with van der Waals surface area (Å²) in [5.41, 5.74) is 5.71. The standard InChI is InChI=1S/C10H19N3O4/c11-7-2-5-13(6-3-7)10(17)12-4-1-8(14)9(15)16/h7-8,14H,1-6,11H2,(H,12,17)(H,15,16)/t8-/m0/s1. The van der Waals surface area contributed by atoms with Crippen LogP contribution in [0.25, 0.3) is 0 Å². The lowest BCUT2D eigenvalue weighted by atomic mass is 10.1.